The Labute approximate surface area is 230 Å². The molecule has 40 heavy (non-hydrogen) atoms. The number of rotatable bonds is 6. The summed E-state index contributed by atoms with van der Waals surface area (Å²) in [5.41, 5.74) is 2.60. The number of piperidine rings is 1. The van der Waals surface area contributed by atoms with Crippen LogP contribution in [0.1, 0.15) is 30.0 Å². The van der Waals surface area contributed by atoms with Crippen LogP contribution in [0.2, 0.25) is 0 Å². The molecule has 2 aromatic heterocycles. The third-order valence-corrected chi connectivity index (χ3v) is 7.48. The summed E-state index contributed by atoms with van der Waals surface area (Å²) in [6, 6.07) is 13.4. The number of anilines is 3. The van der Waals surface area contributed by atoms with Gasteiger partial charge in [0.2, 0.25) is 5.95 Å². The van der Waals surface area contributed by atoms with E-state index in [9.17, 15) is 4.39 Å². The van der Waals surface area contributed by atoms with Crippen LogP contribution in [-0.2, 0) is 6.54 Å². The maximum absolute atomic E-state index is 15.2. The average molecular weight is 547 g/mol. The van der Waals surface area contributed by atoms with E-state index < -0.39 is 11.6 Å². The number of nitrogens with zero attached hydrogens (tertiary/aromatic N) is 5. The molecule has 7 nitrogen and oxygen atoms in total. The average Bonchev–Trinajstić information content (AvgIpc) is 2.96. The zero-order chi connectivity index (χ0) is 27.6. The summed E-state index contributed by atoms with van der Waals surface area (Å²) in [5.74, 6) is -1.26. The molecule has 4 heterocycles. The van der Waals surface area contributed by atoms with Crippen molar-refractivity contribution in [3.8, 4) is 17.0 Å². The molecule has 0 unspecified atom stereocenters. The molecule has 0 radical (unpaired) electrons. The van der Waals surface area contributed by atoms with Crippen molar-refractivity contribution in [1.82, 2.24) is 19.9 Å². The smallest absolute Gasteiger partial charge is 0.227 e. The Hall–Kier alpha value is -4.18. The lowest BCUT2D eigenvalue weighted by Crippen LogP contribution is -2.33. The lowest BCUT2D eigenvalue weighted by molar-refractivity contribution is 0.253. The van der Waals surface area contributed by atoms with Crippen LogP contribution in [0.3, 0.4) is 0 Å². The molecule has 6 rings (SSSR count). The van der Waals surface area contributed by atoms with Gasteiger partial charge in [-0.3, -0.25) is 4.98 Å². The molecule has 2 aliphatic rings. The highest BCUT2D eigenvalue weighted by molar-refractivity contribution is 5.73. The number of likely N-dealkylation sites (tertiary alicyclic amines) is 1. The molecular weight excluding hydrogens is 517 g/mol. The van der Waals surface area contributed by atoms with Crippen molar-refractivity contribution in [3.05, 3.63) is 89.6 Å². The van der Waals surface area contributed by atoms with Crippen molar-refractivity contribution in [2.24, 2.45) is 0 Å². The van der Waals surface area contributed by atoms with E-state index in [2.05, 4.69) is 32.2 Å². The van der Waals surface area contributed by atoms with Crippen LogP contribution in [0.25, 0.3) is 11.3 Å². The minimum absolute atomic E-state index is 0.0718. The standard InChI is InChI=1S/C30H29F3N6O/c1-38-10-7-19(8-11-38)23-6-5-21(16-24(23)31)36-30-35-17-26(33)28(37-30)20-14-25(32)29-27(15-20)39(12-13-40-29)18-22-4-2-3-9-34-22/h2-6,9,14-17,19H,7-8,10-13,18H2,1H3,(H,35,36,37). The molecule has 2 aromatic carbocycles. The predicted molar refractivity (Wildman–Crippen MR) is 147 cm³/mol. The van der Waals surface area contributed by atoms with E-state index in [-0.39, 0.29) is 34.7 Å². The molecule has 0 bridgehead atoms. The summed E-state index contributed by atoms with van der Waals surface area (Å²) in [6.45, 7) is 3.15. The van der Waals surface area contributed by atoms with Gasteiger partial charge in [0.25, 0.3) is 0 Å². The monoisotopic (exact) mass is 546 g/mol. The lowest BCUT2D eigenvalue weighted by Gasteiger charge is -2.31. The van der Waals surface area contributed by atoms with Crippen molar-refractivity contribution in [1.29, 1.82) is 0 Å². The number of pyridine rings is 1. The molecule has 1 N–H and O–H groups in total. The third-order valence-electron chi connectivity index (χ3n) is 7.48. The van der Waals surface area contributed by atoms with Gasteiger partial charge in [0.15, 0.2) is 17.4 Å². The van der Waals surface area contributed by atoms with Gasteiger partial charge in [0, 0.05) is 17.4 Å². The highest BCUT2D eigenvalue weighted by Crippen LogP contribution is 2.39. The van der Waals surface area contributed by atoms with Gasteiger partial charge in [0.05, 0.1) is 30.7 Å². The second-order valence-corrected chi connectivity index (χ2v) is 10.2. The highest BCUT2D eigenvalue weighted by Gasteiger charge is 2.25. The van der Waals surface area contributed by atoms with Gasteiger partial charge in [-0.2, -0.15) is 0 Å². The Morgan fingerprint density at radius 3 is 2.58 bits per heavy atom. The van der Waals surface area contributed by atoms with Crippen molar-refractivity contribution in [2.45, 2.75) is 25.3 Å². The summed E-state index contributed by atoms with van der Waals surface area (Å²) in [4.78, 5) is 16.9. The van der Waals surface area contributed by atoms with Crippen LogP contribution < -0.4 is 15.0 Å². The molecule has 0 amide bonds. The summed E-state index contributed by atoms with van der Waals surface area (Å²) in [5, 5.41) is 2.96. The summed E-state index contributed by atoms with van der Waals surface area (Å²) < 4.78 is 50.8. The molecule has 4 aromatic rings. The molecular formula is C30H29F3N6O. The minimum Gasteiger partial charge on any atom is -0.486 e. The highest BCUT2D eigenvalue weighted by atomic mass is 19.1. The molecule has 0 spiro atoms. The van der Waals surface area contributed by atoms with Gasteiger partial charge in [-0.25, -0.2) is 23.1 Å². The van der Waals surface area contributed by atoms with Gasteiger partial charge in [0.1, 0.15) is 18.1 Å². The zero-order valence-corrected chi connectivity index (χ0v) is 22.1. The van der Waals surface area contributed by atoms with Crippen LogP contribution in [0.15, 0.2) is 60.9 Å². The van der Waals surface area contributed by atoms with Crippen molar-refractivity contribution in [3.63, 3.8) is 0 Å². The number of aromatic nitrogens is 3. The number of ether oxygens (including phenoxy) is 1. The Morgan fingerprint density at radius 2 is 1.80 bits per heavy atom. The van der Waals surface area contributed by atoms with E-state index >= 15 is 8.78 Å². The van der Waals surface area contributed by atoms with Gasteiger partial charge in [-0.1, -0.05) is 12.1 Å². The Bertz CT molecular complexity index is 1510. The zero-order valence-electron chi connectivity index (χ0n) is 22.1. The first-order valence-corrected chi connectivity index (χ1v) is 13.3. The fourth-order valence-electron chi connectivity index (χ4n) is 5.34. The maximum atomic E-state index is 15.2. The van der Waals surface area contributed by atoms with E-state index in [1.165, 1.54) is 12.1 Å². The largest absolute Gasteiger partial charge is 0.486 e. The molecule has 0 aliphatic carbocycles. The molecule has 1 saturated heterocycles. The predicted octanol–water partition coefficient (Wildman–Crippen LogP) is 5.91. The van der Waals surface area contributed by atoms with E-state index in [0.29, 0.717) is 36.6 Å². The van der Waals surface area contributed by atoms with E-state index in [1.54, 1.807) is 24.4 Å². The Balaban J connectivity index is 1.26. The topological polar surface area (TPSA) is 66.4 Å². The van der Waals surface area contributed by atoms with Crippen molar-refractivity contribution in [2.75, 3.05) is 43.5 Å². The number of hydrogen-bond acceptors (Lipinski definition) is 7. The van der Waals surface area contributed by atoms with Gasteiger partial charge in [-0.15, -0.1) is 0 Å². The first kappa shape index (κ1) is 26.1. The third kappa shape index (κ3) is 5.44. The minimum atomic E-state index is -0.707. The van der Waals surface area contributed by atoms with E-state index in [1.807, 2.05) is 23.1 Å². The molecule has 0 atom stereocenters. The van der Waals surface area contributed by atoms with Gasteiger partial charge in [-0.05, 0) is 80.9 Å². The molecule has 2 aliphatic heterocycles. The number of halogens is 3. The van der Waals surface area contributed by atoms with Crippen LogP contribution in [-0.4, -0.2) is 53.1 Å². The second-order valence-electron chi connectivity index (χ2n) is 10.2. The second kappa shape index (κ2) is 11.1. The van der Waals surface area contributed by atoms with Crippen molar-refractivity contribution >= 4 is 17.3 Å². The van der Waals surface area contributed by atoms with E-state index in [0.717, 1.165) is 37.8 Å². The molecule has 206 valence electrons. The number of fused-ring (bicyclic) bond motifs is 1. The number of hydrogen-bond donors (Lipinski definition) is 1. The normalized spacial score (nSPS) is 15.9. The first-order chi connectivity index (χ1) is 19.4. The molecule has 10 heteroatoms. The Kier molecular flexibility index (Phi) is 7.25. The van der Waals surface area contributed by atoms with E-state index in [4.69, 9.17) is 4.74 Å². The summed E-state index contributed by atoms with van der Waals surface area (Å²) in [7, 11) is 2.07. The SMILES string of the molecule is CN1CCC(c2ccc(Nc3ncc(F)c(-c4cc(F)c5c(c4)N(Cc4ccccn4)CCO5)n3)cc2F)CC1. The van der Waals surface area contributed by atoms with Crippen molar-refractivity contribution < 1.29 is 17.9 Å². The first-order valence-electron chi connectivity index (χ1n) is 13.3. The van der Waals surface area contributed by atoms with Gasteiger partial charge >= 0.3 is 0 Å². The van der Waals surface area contributed by atoms with Crippen LogP contribution in [0, 0.1) is 17.5 Å². The number of nitrogens with one attached hydrogen (secondary N) is 1. The quantitative estimate of drug-likeness (QED) is 0.323. The Morgan fingerprint density at radius 1 is 0.950 bits per heavy atom. The fourth-order valence-corrected chi connectivity index (χ4v) is 5.34. The molecule has 1 fully saturated rings. The maximum Gasteiger partial charge on any atom is 0.227 e. The lowest BCUT2D eigenvalue weighted by atomic mass is 9.89. The van der Waals surface area contributed by atoms with Crippen LogP contribution in [0.4, 0.5) is 30.5 Å². The van der Waals surface area contributed by atoms with Gasteiger partial charge < -0.3 is 19.9 Å². The van der Waals surface area contributed by atoms with Crippen LogP contribution >= 0.6 is 0 Å². The summed E-state index contributed by atoms with van der Waals surface area (Å²) in [6.07, 6.45) is 4.54. The van der Waals surface area contributed by atoms with Crippen LogP contribution in [0.5, 0.6) is 5.75 Å². The summed E-state index contributed by atoms with van der Waals surface area (Å²) >= 11 is 0. The number of benzene rings is 2. The molecule has 0 saturated carbocycles. The fraction of sp³-hybridized carbons (Fsp3) is 0.300.